The van der Waals surface area contributed by atoms with E-state index in [2.05, 4.69) is 21.3 Å². The molecule has 6 nitrogen and oxygen atoms in total. The highest BCUT2D eigenvalue weighted by atomic mass is 16.4. The molecule has 4 heterocycles. The first-order valence-corrected chi connectivity index (χ1v) is 9.50. The van der Waals surface area contributed by atoms with Crippen LogP contribution in [-0.2, 0) is 0 Å². The van der Waals surface area contributed by atoms with E-state index in [0.29, 0.717) is 16.9 Å². The Hall–Kier alpha value is -3.12. The summed E-state index contributed by atoms with van der Waals surface area (Å²) >= 11 is 0. The van der Waals surface area contributed by atoms with Gasteiger partial charge in [0.05, 0.1) is 0 Å². The van der Waals surface area contributed by atoms with E-state index in [-0.39, 0.29) is 0 Å². The van der Waals surface area contributed by atoms with Crippen LogP contribution in [0.4, 0.5) is 5.69 Å². The van der Waals surface area contributed by atoms with Gasteiger partial charge >= 0.3 is 5.63 Å². The van der Waals surface area contributed by atoms with E-state index < -0.39 is 5.63 Å². The molecule has 0 amide bonds. The Morgan fingerprint density at radius 2 is 1.82 bits per heavy atom. The number of rotatable bonds is 2. The molecule has 6 heteroatoms. The normalized spacial score (nSPS) is 14.9. The van der Waals surface area contributed by atoms with Crippen LogP contribution in [-0.4, -0.2) is 31.2 Å². The molecule has 142 valence electrons. The van der Waals surface area contributed by atoms with Gasteiger partial charge in [-0.25, -0.2) is 4.79 Å². The zero-order chi connectivity index (χ0) is 19.3. The predicted octanol–water partition coefficient (Wildman–Crippen LogP) is 3.63. The van der Waals surface area contributed by atoms with Gasteiger partial charge in [0.15, 0.2) is 0 Å². The number of nitrogens with one attached hydrogen (secondary N) is 1. The molecule has 5 rings (SSSR count). The summed E-state index contributed by atoms with van der Waals surface area (Å²) < 4.78 is 11.6. The summed E-state index contributed by atoms with van der Waals surface area (Å²) in [6.45, 7) is 7.67. The van der Waals surface area contributed by atoms with Crippen molar-refractivity contribution >= 4 is 27.6 Å². The average molecular weight is 375 g/mol. The van der Waals surface area contributed by atoms with Crippen LogP contribution in [0.15, 0.2) is 50.0 Å². The maximum absolute atomic E-state index is 12.7. The molecule has 4 aromatic rings. The van der Waals surface area contributed by atoms with Crippen molar-refractivity contribution in [3.63, 3.8) is 0 Å². The van der Waals surface area contributed by atoms with Crippen molar-refractivity contribution in [2.75, 3.05) is 31.1 Å². The fourth-order valence-corrected chi connectivity index (χ4v) is 3.87. The molecule has 3 aromatic heterocycles. The largest absolute Gasteiger partial charge is 0.456 e. The molecule has 0 saturated carbocycles. The van der Waals surface area contributed by atoms with Gasteiger partial charge < -0.3 is 19.1 Å². The van der Waals surface area contributed by atoms with Crippen molar-refractivity contribution in [3.8, 4) is 11.3 Å². The number of aromatic nitrogens is 1. The van der Waals surface area contributed by atoms with Crippen LogP contribution in [0, 0.1) is 13.8 Å². The van der Waals surface area contributed by atoms with Crippen LogP contribution < -0.4 is 15.8 Å². The third-order valence-electron chi connectivity index (χ3n) is 5.30. The number of fused-ring (bicyclic) bond motifs is 2. The lowest BCUT2D eigenvalue weighted by molar-refractivity contribution is 0.554. The quantitative estimate of drug-likeness (QED) is 0.540. The lowest BCUT2D eigenvalue weighted by Crippen LogP contribution is -2.43. The Morgan fingerprint density at radius 1 is 1.00 bits per heavy atom. The number of hydrogen-bond donors (Lipinski definition) is 1. The lowest BCUT2D eigenvalue weighted by atomic mass is 10.1. The van der Waals surface area contributed by atoms with Crippen molar-refractivity contribution in [1.29, 1.82) is 0 Å². The maximum atomic E-state index is 12.7. The minimum Gasteiger partial charge on any atom is -0.456 e. The number of nitrogens with zero attached hydrogens (tertiary/aromatic N) is 2. The molecule has 1 aliphatic rings. The van der Waals surface area contributed by atoms with Crippen LogP contribution in [0.2, 0.25) is 0 Å². The molecule has 28 heavy (non-hydrogen) atoms. The van der Waals surface area contributed by atoms with Gasteiger partial charge in [-0.3, -0.25) is 4.98 Å². The number of piperazine rings is 1. The Bertz CT molecular complexity index is 1250. The number of aryl methyl sites for hydroxylation is 2. The Balaban J connectivity index is 1.60. The SMILES string of the molecule is Cc1cc2oc(-c3cc4ccc(N5CCNCC5)cc4oc3=O)cc2c(C)n1. The minimum atomic E-state index is -0.397. The van der Waals surface area contributed by atoms with Gasteiger partial charge in [0.25, 0.3) is 0 Å². The molecule has 1 saturated heterocycles. The Kier molecular flexibility index (Phi) is 3.94. The summed E-state index contributed by atoms with van der Waals surface area (Å²) in [5.41, 5.74) is 4.20. The van der Waals surface area contributed by atoms with E-state index in [4.69, 9.17) is 8.83 Å². The molecule has 0 spiro atoms. The summed E-state index contributed by atoms with van der Waals surface area (Å²) in [6, 6.07) is 11.6. The predicted molar refractivity (Wildman–Crippen MR) is 110 cm³/mol. The summed E-state index contributed by atoms with van der Waals surface area (Å²) in [4.78, 5) is 19.4. The Morgan fingerprint density at radius 3 is 2.64 bits per heavy atom. The second kappa shape index (κ2) is 6.49. The van der Waals surface area contributed by atoms with Crippen molar-refractivity contribution in [3.05, 3.63) is 58.2 Å². The average Bonchev–Trinajstić information content (AvgIpc) is 3.12. The van der Waals surface area contributed by atoms with Gasteiger partial charge in [0.2, 0.25) is 0 Å². The van der Waals surface area contributed by atoms with Crippen molar-refractivity contribution in [2.24, 2.45) is 0 Å². The van der Waals surface area contributed by atoms with Gasteiger partial charge in [-0.15, -0.1) is 0 Å². The van der Waals surface area contributed by atoms with E-state index in [0.717, 1.165) is 59.6 Å². The maximum Gasteiger partial charge on any atom is 0.347 e. The molecule has 0 bridgehead atoms. The summed E-state index contributed by atoms with van der Waals surface area (Å²) in [7, 11) is 0. The van der Waals surface area contributed by atoms with Crippen LogP contribution in [0.3, 0.4) is 0 Å². The molecule has 0 aliphatic carbocycles. The van der Waals surface area contributed by atoms with Gasteiger partial charge in [0.1, 0.15) is 22.5 Å². The molecule has 0 atom stereocenters. The van der Waals surface area contributed by atoms with Crippen LogP contribution >= 0.6 is 0 Å². The van der Waals surface area contributed by atoms with E-state index >= 15 is 0 Å². The van der Waals surface area contributed by atoms with E-state index in [1.54, 1.807) is 0 Å². The van der Waals surface area contributed by atoms with Gasteiger partial charge in [-0.05, 0) is 38.1 Å². The topological polar surface area (TPSA) is 71.5 Å². The molecule has 1 aromatic carbocycles. The fraction of sp³-hybridized carbons (Fsp3) is 0.273. The molecular formula is C22H21N3O3. The van der Waals surface area contributed by atoms with Gasteiger partial charge in [0, 0.05) is 66.2 Å². The monoisotopic (exact) mass is 375 g/mol. The zero-order valence-electron chi connectivity index (χ0n) is 15.9. The second-order valence-corrected chi connectivity index (χ2v) is 7.28. The summed E-state index contributed by atoms with van der Waals surface area (Å²) in [6.07, 6.45) is 0. The highest BCUT2D eigenvalue weighted by Gasteiger charge is 2.16. The Labute approximate surface area is 161 Å². The zero-order valence-corrected chi connectivity index (χ0v) is 15.9. The molecule has 0 unspecified atom stereocenters. The van der Waals surface area contributed by atoms with Crippen LogP contribution in [0.25, 0.3) is 33.3 Å². The summed E-state index contributed by atoms with van der Waals surface area (Å²) in [5.74, 6) is 0.507. The van der Waals surface area contributed by atoms with Gasteiger partial charge in [-0.1, -0.05) is 0 Å². The third kappa shape index (κ3) is 2.86. The fourth-order valence-electron chi connectivity index (χ4n) is 3.87. The number of anilines is 1. The second-order valence-electron chi connectivity index (χ2n) is 7.28. The van der Waals surface area contributed by atoms with Gasteiger partial charge in [-0.2, -0.15) is 0 Å². The molecule has 1 aliphatic heterocycles. The molecule has 0 radical (unpaired) electrons. The van der Waals surface area contributed by atoms with Crippen molar-refractivity contribution in [1.82, 2.24) is 10.3 Å². The first-order chi connectivity index (χ1) is 13.6. The number of pyridine rings is 1. The number of furan rings is 1. The van der Waals surface area contributed by atoms with Crippen LogP contribution in [0.5, 0.6) is 0 Å². The highest BCUT2D eigenvalue weighted by Crippen LogP contribution is 2.30. The third-order valence-corrected chi connectivity index (χ3v) is 5.30. The molecular weight excluding hydrogens is 354 g/mol. The van der Waals surface area contributed by atoms with Crippen molar-refractivity contribution in [2.45, 2.75) is 13.8 Å². The lowest BCUT2D eigenvalue weighted by Gasteiger charge is -2.29. The molecule has 1 N–H and O–H groups in total. The minimum absolute atomic E-state index is 0.397. The number of hydrogen-bond acceptors (Lipinski definition) is 6. The number of benzene rings is 1. The summed E-state index contributed by atoms with van der Waals surface area (Å²) in [5, 5.41) is 5.13. The first-order valence-electron chi connectivity index (χ1n) is 9.50. The van der Waals surface area contributed by atoms with E-state index in [1.165, 1.54) is 0 Å². The van der Waals surface area contributed by atoms with E-state index in [1.807, 2.05) is 44.2 Å². The van der Waals surface area contributed by atoms with Crippen molar-refractivity contribution < 1.29 is 8.83 Å². The smallest absolute Gasteiger partial charge is 0.347 e. The van der Waals surface area contributed by atoms with E-state index in [9.17, 15) is 4.79 Å². The standard InChI is InChI=1S/C22H21N3O3/c1-13-9-20-17(14(2)24-13)12-21(27-20)18-10-15-3-4-16(11-19(15)28-22(18)26)25-7-5-23-6-8-25/h3-4,9-12,23H,5-8H2,1-2H3. The first kappa shape index (κ1) is 17.0. The van der Waals surface area contributed by atoms with Crippen LogP contribution in [0.1, 0.15) is 11.4 Å². The highest BCUT2D eigenvalue weighted by molar-refractivity contribution is 5.88. The molecule has 1 fully saturated rings.